The maximum atomic E-state index is 13.0. The molecule has 0 bridgehead atoms. The third-order valence-electron chi connectivity index (χ3n) is 5.60. The summed E-state index contributed by atoms with van der Waals surface area (Å²) in [6, 6.07) is 13.7. The second kappa shape index (κ2) is 7.51. The van der Waals surface area contributed by atoms with E-state index in [9.17, 15) is 22.8 Å². The molecule has 0 radical (unpaired) electrons. The van der Waals surface area contributed by atoms with Crippen LogP contribution in [-0.4, -0.2) is 44.0 Å². The van der Waals surface area contributed by atoms with Gasteiger partial charge in [0.25, 0.3) is 5.91 Å². The van der Waals surface area contributed by atoms with Gasteiger partial charge in [-0.05, 0) is 30.3 Å². The Hall–Kier alpha value is -2.87. The van der Waals surface area contributed by atoms with Crippen LogP contribution in [0, 0.1) is 0 Å². The molecular formula is C21H21F3N3O2+. The van der Waals surface area contributed by atoms with Crippen molar-refractivity contribution in [2.45, 2.75) is 18.6 Å². The minimum absolute atomic E-state index is 0.159. The Balaban J connectivity index is 1.43. The van der Waals surface area contributed by atoms with Crippen molar-refractivity contribution in [2.75, 3.05) is 36.0 Å². The van der Waals surface area contributed by atoms with Gasteiger partial charge in [-0.15, -0.1) is 0 Å². The number of hydrogen-bond acceptors (Lipinski definition) is 3. The third-order valence-corrected chi connectivity index (χ3v) is 5.60. The number of imide groups is 1. The van der Waals surface area contributed by atoms with Crippen LogP contribution in [0.3, 0.4) is 0 Å². The lowest BCUT2D eigenvalue weighted by Crippen LogP contribution is -3.19. The molecule has 5 nitrogen and oxygen atoms in total. The molecule has 0 saturated carbocycles. The molecule has 8 heteroatoms. The number of quaternary nitrogens is 1. The summed E-state index contributed by atoms with van der Waals surface area (Å²) in [5.74, 6) is -0.414. The Kier molecular flexibility index (Phi) is 5.04. The number of carbonyl (C=O) groups is 2. The summed E-state index contributed by atoms with van der Waals surface area (Å²) >= 11 is 0. The highest BCUT2D eigenvalue weighted by Crippen LogP contribution is 2.31. The highest BCUT2D eigenvalue weighted by molar-refractivity contribution is 6.21. The van der Waals surface area contributed by atoms with Crippen molar-refractivity contribution in [1.82, 2.24) is 0 Å². The number of halogens is 3. The molecule has 0 aliphatic carbocycles. The number of nitrogens with one attached hydrogen (secondary N) is 1. The first-order valence-corrected chi connectivity index (χ1v) is 9.53. The SMILES string of the molecule is O=C1CC([NH+]2CCN(c3cccc(C(F)(F)F)c3)CC2)C(=O)N1c1ccccc1. The predicted molar refractivity (Wildman–Crippen MR) is 102 cm³/mol. The van der Waals surface area contributed by atoms with Crippen LogP contribution < -0.4 is 14.7 Å². The third kappa shape index (κ3) is 3.85. The molecule has 29 heavy (non-hydrogen) atoms. The van der Waals surface area contributed by atoms with Gasteiger partial charge in [0.15, 0.2) is 6.04 Å². The zero-order valence-electron chi connectivity index (χ0n) is 15.7. The molecule has 2 aromatic rings. The topological polar surface area (TPSA) is 45.1 Å². The largest absolute Gasteiger partial charge is 0.416 e. The van der Waals surface area contributed by atoms with E-state index in [1.54, 1.807) is 30.3 Å². The summed E-state index contributed by atoms with van der Waals surface area (Å²) in [5.41, 5.74) is 0.436. The van der Waals surface area contributed by atoms with Crippen molar-refractivity contribution < 1.29 is 27.7 Å². The predicted octanol–water partition coefficient (Wildman–Crippen LogP) is 1.74. The van der Waals surface area contributed by atoms with E-state index in [1.165, 1.54) is 11.0 Å². The standard InChI is InChI=1S/C21H20F3N3O2/c22-21(23,24)15-5-4-8-17(13-15)25-9-11-26(12-10-25)18-14-19(28)27(20(18)29)16-6-2-1-3-7-16/h1-8,13,18H,9-12,14H2/p+1. The van der Waals surface area contributed by atoms with Gasteiger partial charge in [0, 0.05) is 5.69 Å². The van der Waals surface area contributed by atoms with Gasteiger partial charge in [-0.3, -0.25) is 9.59 Å². The van der Waals surface area contributed by atoms with Crippen LogP contribution in [-0.2, 0) is 15.8 Å². The first-order valence-electron chi connectivity index (χ1n) is 9.53. The number of amides is 2. The molecule has 1 unspecified atom stereocenters. The van der Waals surface area contributed by atoms with Gasteiger partial charge in [-0.2, -0.15) is 13.2 Å². The molecule has 2 heterocycles. The van der Waals surface area contributed by atoms with E-state index < -0.39 is 17.8 Å². The molecule has 1 N–H and O–H groups in total. The highest BCUT2D eigenvalue weighted by atomic mass is 19.4. The fraction of sp³-hybridized carbons (Fsp3) is 0.333. The highest BCUT2D eigenvalue weighted by Gasteiger charge is 2.46. The van der Waals surface area contributed by atoms with Crippen molar-refractivity contribution in [2.24, 2.45) is 0 Å². The number of hydrogen-bond donors (Lipinski definition) is 1. The molecule has 2 aliphatic rings. The minimum atomic E-state index is -4.37. The Morgan fingerprint density at radius 3 is 2.21 bits per heavy atom. The fourth-order valence-electron chi connectivity index (χ4n) is 4.08. The van der Waals surface area contributed by atoms with Crippen molar-refractivity contribution in [3.8, 4) is 0 Å². The molecule has 2 fully saturated rings. The lowest BCUT2D eigenvalue weighted by Gasteiger charge is -2.35. The zero-order chi connectivity index (χ0) is 20.6. The number of para-hydroxylation sites is 1. The molecule has 4 rings (SSSR count). The van der Waals surface area contributed by atoms with E-state index >= 15 is 0 Å². The smallest absolute Gasteiger partial charge is 0.360 e. The quantitative estimate of drug-likeness (QED) is 0.793. The minimum Gasteiger partial charge on any atom is -0.360 e. The fourth-order valence-corrected chi connectivity index (χ4v) is 4.08. The molecule has 152 valence electrons. The molecular weight excluding hydrogens is 383 g/mol. The summed E-state index contributed by atoms with van der Waals surface area (Å²) in [6.07, 6.45) is -4.22. The Morgan fingerprint density at radius 2 is 1.55 bits per heavy atom. The number of nitrogens with zero attached hydrogens (tertiary/aromatic N) is 2. The second-order valence-electron chi connectivity index (χ2n) is 7.35. The lowest BCUT2D eigenvalue weighted by molar-refractivity contribution is -0.915. The van der Waals surface area contributed by atoms with E-state index in [0.29, 0.717) is 37.6 Å². The number of carbonyl (C=O) groups excluding carboxylic acids is 2. The van der Waals surface area contributed by atoms with Gasteiger partial charge < -0.3 is 9.80 Å². The maximum absolute atomic E-state index is 13.0. The van der Waals surface area contributed by atoms with E-state index in [2.05, 4.69) is 0 Å². The van der Waals surface area contributed by atoms with E-state index in [-0.39, 0.29) is 18.2 Å². The zero-order valence-corrected chi connectivity index (χ0v) is 15.7. The summed E-state index contributed by atoms with van der Waals surface area (Å²) in [7, 11) is 0. The monoisotopic (exact) mass is 404 g/mol. The first kappa shape index (κ1) is 19.4. The van der Waals surface area contributed by atoms with Crippen LogP contribution in [0.4, 0.5) is 24.5 Å². The summed E-state index contributed by atoms with van der Waals surface area (Å²) in [6.45, 7) is 2.23. The van der Waals surface area contributed by atoms with Gasteiger partial charge in [-0.25, -0.2) is 4.90 Å². The van der Waals surface area contributed by atoms with Crippen molar-refractivity contribution in [3.63, 3.8) is 0 Å². The van der Waals surface area contributed by atoms with Crippen LogP contribution in [0.15, 0.2) is 54.6 Å². The Bertz CT molecular complexity index is 909. The summed E-state index contributed by atoms with van der Waals surface area (Å²) in [5, 5.41) is 0. The molecule has 0 spiro atoms. The average Bonchev–Trinajstić information content (AvgIpc) is 3.02. The van der Waals surface area contributed by atoms with Crippen LogP contribution in [0.25, 0.3) is 0 Å². The van der Waals surface area contributed by atoms with Gasteiger partial charge in [0.2, 0.25) is 5.91 Å². The number of anilines is 2. The summed E-state index contributed by atoms with van der Waals surface area (Å²) in [4.78, 5) is 29.4. The van der Waals surface area contributed by atoms with Gasteiger partial charge in [0.1, 0.15) is 0 Å². The van der Waals surface area contributed by atoms with Crippen LogP contribution >= 0.6 is 0 Å². The average molecular weight is 404 g/mol. The lowest BCUT2D eigenvalue weighted by atomic mass is 10.1. The number of benzene rings is 2. The van der Waals surface area contributed by atoms with Gasteiger partial charge in [-0.1, -0.05) is 24.3 Å². The number of piperazine rings is 1. The number of alkyl halides is 3. The normalized spacial score (nSPS) is 21.1. The van der Waals surface area contributed by atoms with Crippen molar-refractivity contribution >= 4 is 23.2 Å². The van der Waals surface area contributed by atoms with Crippen LogP contribution in [0.2, 0.25) is 0 Å². The molecule has 2 saturated heterocycles. The molecule has 2 aromatic carbocycles. The maximum Gasteiger partial charge on any atom is 0.416 e. The Morgan fingerprint density at radius 1 is 0.897 bits per heavy atom. The van der Waals surface area contributed by atoms with Crippen LogP contribution in [0.5, 0.6) is 0 Å². The van der Waals surface area contributed by atoms with Crippen molar-refractivity contribution in [1.29, 1.82) is 0 Å². The molecule has 2 aliphatic heterocycles. The van der Waals surface area contributed by atoms with Crippen LogP contribution in [0.1, 0.15) is 12.0 Å². The molecule has 1 atom stereocenters. The Labute approximate surface area is 166 Å². The van der Waals surface area contributed by atoms with Gasteiger partial charge >= 0.3 is 6.18 Å². The summed E-state index contributed by atoms with van der Waals surface area (Å²) < 4.78 is 38.9. The van der Waals surface area contributed by atoms with E-state index in [4.69, 9.17) is 0 Å². The van der Waals surface area contributed by atoms with Gasteiger partial charge in [0.05, 0.1) is 43.9 Å². The van der Waals surface area contributed by atoms with E-state index in [0.717, 1.165) is 17.0 Å². The van der Waals surface area contributed by atoms with E-state index in [1.807, 2.05) is 11.0 Å². The number of rotatable bonds is 3. The first-order chi connectivity index (χ1) is 13.8. The molecule has 0 aromatic heterocycles. The molecule has 2 amide bonds. The van der Waals surface area contributed by atoms with Crippen molar-refractivity contribution in [3.05, 3.63) is 60.2 Å². The second-order valence-corrected chi connectivity index (χ2v) is 7.35.